The topological polar surface area (TPSA) is 42.3 Å². The van der Waals surface area contributed by atoms with Crippen LogP contribution in [-0.2, 0) is 0 Å². The minimum absolute atomic E-state index is 0.263. The molecule has 0 bridgehead atoms. The average Bonchev–Trinajstić information content (AvgIpc) is 2.40. The SMILES string of the molecule is CCNC1(C#N)CCCC(N2CCN(C)CC2)C1. The van der Waals surface area contributed by atoms with E-state index in [2.05, 4.69) is 35.2 Å². The summed E-state index contributed by atoms with van der Waals surface area (Å²) in [6.45, 7) is 7.64. The molecule has 1 aliphatic heterocycles. The summed E-state index contributed by atoms with van der Waals surface area (Å²) >= 11 is 0. The van der Waals surface area contributed by atoms with E-state index in [9.17, 15) is 5.26 Å². The fraction of sp³-hybridized carbons (Fsp3) is 0.929. The van der Waals surface area contributed by atoms with E-state index in [-0.39, 0.29) is 5.54 Å². The molecule has 1 saturated heterocycles. The molecule has 0 aromatic heterocycles. The first kappa shape index (κ1) is 13.8. The smallest absolute Gasteiger partial charge is 0.108 e. The summed E-state index contributed by atoms with van der Waals surface area (Å²) in [4.78, 5) is 4.99. The molecular formula is C14H26N4. The van der Waals surface area contributed by atoms with Gasteiger partial charge in [-0.2, -0.15) is 5.26 Å². The van der Waals surface area contributed by atoms with E-state index in [0.29, 0.717) is 6.04 Å². The van der Waals surface area contributed by atoms with Gasteiger partial charge in [0.25, 0.3) is 0 Å². The molecule has 18 heavy (non-hydrogen) atoms. The summed E-state index contributed by atoms with van der Waals surface area (Å²) < 4.78 is 0. The minimum Gasteiger partial charge on any atom is -0.304 e. The lowest BCUT2D eigenvalue weighted by Gasteiger charge is -2.44. The quantitative estimate of drug-likeness (QED) is 0.813. The summed E-state index contributed by atoms with van der Waals surface area (Å²) in [5.41, 5.74) is -0.263. The van der Waals surface area contributed by atoms with Crippen LogP contribution in [0.3, 0.4) is 0 Å². The molecule has 0 radical (unpaired) electrons. The number of nitriles is 1. The zero-order valence-corrected chi connectivity index (χ0v) is 11.8. The highest BCUT2D eigenvalue weighted by Crippen LogP contribution is 2.31. The fourth-order valence-electron chi connectivity index (χ4n) is 3.38. The van der Waals surface area contributed by atoms with Gasteiger partial charge in [-0.15, -0.1) is 0 Å². The van der Waals surface area contributed by atoms with E-state index in [1.165, 1.54) is 12.8 Å². The van der Waals surface area contributed by atoms with Gasteiger partial charge in [0.2, 0.25) is 0 Å². The largest absolute Gasteiger partial charge is 0.304 e. The van der Waals surface area contributed by atoms with Gasteiger partial charge < -0.3 is 4.90 Å². The maximum absolute atomic E-state index is 9.49. The van der Waals surface area contributed by atoms with Crippen LogP contribution in [0.1, 0.15) is 32.6 Å². The van der Waals surface area contributed by atoms with Gasteiger partial charge >= 0.3 is 0 Å². The molecule has 102 valence electrons. The van der Waals surface area contributed by atoms with Crippen molar-refractivity contribution in [2.45, 2.75) is 44.2 Å². The van der Waals surface area contributed by atoms with Gasteiger partial charge in [0.1, 0.15) is 5.54 Å². The first-order chi connectivity index (χ1) is 8.69. The Kier molecular flexibility index (Phi) is 4.60. The van der Waals surface area contributed by atoms with E-state index in [1.807, 2.05) is 0 Å². The van der Waals surface area contributed by atoms with Crippen LogP contribution in [0.25, 0.3) is 0 Å². The lowest BCUT2D eigenvalue weighted by atomic mass is 9.79. The molecule has 2 fully saturated rings. The fourth-order valence-corrected chi connectivity index (χ4v) is 3.38. The molecule has 2 atom stereocenters. The lowest BCUT2D eigenvalue weighted by molar-refractivity contribution is 0.0726. The van der Waals surface area contributed by atoms with Crippen molar-refractivity contribution in [2.75, 3.05) is 39.8 Å². The van der Waals surface area contributed by atoms with Crippen LogP contribution in [0.15, 0.2) is 0 Å². The highest BCUT2D eigenvalue weighted by molar-refractivity contribution is 5.11. The van der Waals surface area contributed by atoms with Crippen LogP contribution in [0.5, 0.6) is 0 Å². The molecular weight excluding hydrogens is 224 g/mol. The van der Waals surface area contributed by atoms with Crippen molar-refractivity contribution >= 4 is 0 Å². The summed E-state index contributed by atoms with van der Waals surface area (Å²) in [6.07, 6.45) is 4.46. The predicted octanol–water partition coefficient (Wildman–Crippen LogP) is 1.05. The Labute approximate surface area is 111 Å². The second-order valence-electron chi connectivity index (χ2n) is 5.81. The van der Waals surface area contributed by atoms with Gasteiger partial charge in [0.05, 0.1) is 6.07 Å². The van der Waals surface area contributed by atoms with Gasteiger partial charge in [0.15, 0.2) is 0 Å². The Morgan fingerprint density at radius 1 is 1.33 bits per heavy atom. The Bertz CT molecular complexity index is 299. The third kappa shape index (κ3) is 3.03. The molecule has 0 spiro atoms. The van der Waals surface area contributed by atoms with Gasteiger partial charge in [-0.3, -0.25) is 10.2 Å². The Morgan fingerprint density at radius 3 is 2.67 bits per heavy atom. The molecule has 1 N–H and O–H groups in total. The number of hydrogen-bond acceptors (Lipinski definition) is 4. The third-order valence-electron chi connectivity index (χ3n) is 4.51. The summed E-state index contributed by atoms with van der Waals surface area (Å²) in [6, 6.07) is 3.15. The van der Waals surface area contributed by atoms with Crippen LogP contribution in [0.4, 0.5) is 0 Å². The van der Waals surface area contributed by atoms with Crippen molar-refractivity contribution in [1.82, 2.24) is 15.1 Å². The van der Waals surface area contributed by atoms with Crippen LogP contribution >= 0.6 is 0 Å². The number of nitrogens with zero attached hydrogens (tertiary/aromatic N) is 3. The molecule has 4 nitrogen and oxygen atoms in total. The zero-order valence-electron chi connectivity index (χ0n) is 11.8. The number of rotatable bonds is 3. The minimum atomic E-state index is -0.263. The maximum atomic E-state index is 9.49. The van der Waals surface area contributed by atoms with Gasteiger partial charge in [-0.1, -0.05) is 6.92 Å². The number of likely N-dealkylation sites (N-methyl/N-ethyl adjacent to an activating group) is 1. The monoisotopic (exact) mass is 250 g/mol. The summed E-state index contributed by atoms with van der Waals surface area (Å²) in [5.74, 6) is 0. The zero-order chi connectivity index (χ0) is 13.0. The molecule has 1 saturated carbocycles. The van der Waals surface area contributed by atoms with E-state index in [1.54, 1.807) is 0 Å². The van der Waals surface area contributed by atoms with Crippen LogP contribution in [0, 0.1) is 11.3 Å². The van der Waals surface area contributed by atoms with E-state index in [0.717, 1.165) is 45.6 Å². The van der Waals surface area contributed by atoms with Gasteiger partial charge in [-0.25, -0.2) is 0 Å². The second-order valence-corrected chi connectivity index (χ2v) is 5.81. The Hall–Kier alpha value is -0.630. The number of nitrogens with one attached hydrogen (secondary N) is 1. The van der Waals surface area contributed by atoms with Crippen molar-refractivity contribution < 1.29 is 0 Å². The van der Waals surface area contributed by atoms with Crippen molar-refractivity contribution in [1.29, 1.82) is 5.26 Å². The van der Waals surface area contributed by atoms with Crippen molar-refractivity contribution in [3.63, 3.8) is 0 Å². The standard InChI is InChI=1S/C14H26N4/c1-3-16-14(12-15)6-4-5-13(11-14)18-9-7-17(2)8-10-18/h13,16H,3-11H2,1-2H3. The van der Waals surface area contributed by atoms with E-state index < -0.39 is 0 Å². The van der Waals surface area contributed by atoms with Crippen molar-refractivity contribution in [2.24, 2.45) is 0 Å². The Balaban J connectivity index is 1.96. The average molecular weight is 250 g/mol. The van der Waals surface area contributed by atoms with Gasteiger partial charge in [-0.05, 0) is 39.3 Å². The third-order valence-corrected chi connectivity index (χ3v) is 4.51. The molecule has 0 amide bonds. The molecule has 0 aromatic carbocycles. The molecule has 0 aromatic rings. The van der Waals surface area contributed by atoms with E-state index in [4.69, 9.17) is 0 Å². The molecule has 1 aliphatic carbocycles. The molecule has 2 unspecified atom stereocenters. The highest BCUT2D eigenvalue weighted by atomic mass is 15.3. The maximum Gasteiger partial charge on any atom is 0.108 e. The molecule has 4 heteroatoms. The highest BCUT2D eigenvalue weighted by Gasteiger charge is 2.38. The van der Waals surface area contributed by atoms with Crippen LogP contribution in [0.2, 0.25) is 0 Å². The summed E-state index contributed by atoms with van der Waals surface area (Å²) in [7, 11) is 2.19. The number of hydrogen-bond donors (Lipinski definition) is 1. The normalized spacial score (nSPS) is 35.3. The van der Waals surface area contributed by atoms with Crippen molar-refractivity contribution in [3.05, 3.63) is 0 Å². The Morgan fingerprint density at radius 2 is 2.06 bits per heavy atom. The van der Waals surface area contributed by atoms with E-state index >= 15 is 0 Å². The lowest BCUT2D eigenvalue weighted by Crippen LogP contribution is -2.56. The first-order valence-corrected chi connectivity index (χ1v) is 7.28. The molecule has 1 heterocycles. The molecule has 2 rings (SSSR count). The van der Waals surface area contributed by atoms with Gasteiger partial charge in [0, 0.05) is 32.2 Å². The first-order valence-electron chi connectivity index (χ1n) is 7.28. The second kappa shape index (κ2) is 6.01. The summed E-state index contributed by atoms with van der Waals surface area (Å²) in [5, 5.41) is 12.9. The predicted molar refractivity (Wildman–Crippen MR) is 73.3 cm³/mol. The van der Waals surface area contributed by atoms with Crippen LogP contribution in [-0.4, -0.2) is 61.2 Å². The number of piperazine rings is 1. The molecule has 2 aliphatic rings. The van der Waals surface area contributed by atoms with Crippen LogP contribution < -0.4 is 5.32 Å². The van der Waals surface area contributed by atoms with Crippen molar-refractivity contribution in [3.8, 4) is 6.07 Å².